The maximum Gasteiger partial charge on any atom is 0.303 e. The van der Waals surface area contributed by atoms with Crippen LogP contribution in [0.5, 0.6) is 0 Å². The van der Waals surface area contributed by atoms with Gasteiger partial charge in [0, 0.05) is 10.8 Å². The largest absolute Gasteiger partial charge is 0.481 e. The fourth-order valence-corrected chi connectivity index (χ4v) is 1.40. The molecule has 0 aliphatic rings. The summed E-state index contributed by atoms with van der Waals surface area (Å²) in [5, 5.41) is 18.8. The average Bonchev–Trinajstić information content (AvgIpc) is 2.02. The number of carbonyl (C=O) groups is 1. The van der Waals surface area contributed by atoms with Gasteiger partial charge >= 0.3 is 5.97 Å². The van der Waals surface area contributed by atoms with Crippen molar-refractivity contribution in [2.24, 2.45) is 5.92 Å². The third kappa shape index (κ3) is 7.52. The Labute approximate surface area is 83.3 Å². The van der Waals surface area contributed by atoms with E-state index < -0.39 is 10.9 Å². The smallest absolute Gasteiger partial charge is 0.303 e. The van der Waals surface area contributed by atoms with Gasteiger partial charge in [0.05, 0.1) is 6.42 Å². The molecule has 0 aromatic carbocycles. The Hall–Kier alpha value is -1.13. The summed E-state index contributed by atoms with van der Waals surface area (Å²) < 4.78 is 0. The molecule has 0 spiro atoms. The number of unbranched alkanes of at least 4 members (excludes halogenated alkanes) is 2. The molecule has 0 aliphatic heterocycles. The van der Waals surface area contributed by atoms with Gasteiger partial charge in [-0.05, 0) is 6.42 Å². The van der Waals surface area contributed by atoms with Crippen molar-refractivity contribution in [1.82, 2.24) is 0 Å². The molecule has 0 rings (SSSR count). The van der Waals surface area contributed by atoms with Crippen LogP contribution in [-0.4, -0.2) is 22.5 Å². The van der Waals surface area contributed by atoms with Crippen LogP contribution in [0.2, 0.25) is 0 Å². The van der Waals surface area contributed by atoms with E-state index in [-0.39, 0.29) is 18.9 Å². The van der Waals surface area contributed by atoms with Gasteiger partial charge in [-0.15, -0.1) is 0 Å². The van der Waals surface area contributed by atoms with Crippen molar-refractivity contribution in [2.75, 3.05) is 6.54 Å². The summed E-state index contributed by atoms with van der Waals surface area (Å²) in [4.78, 5) is 20.2. The van der Waals surface area contributed by atoms with Crippen LogP contribution in [0, 0.1) is 16.0 Å². The summed E-state index contributed by atoms with van der Waals surface area (Å²) in [5.74, 6) is -1.26. The van der Waals surface area contributed by atoms with E-state index in [1.54, 1.807) is 0 Å². The van der Waals surface area contributed by atoms with Gasteiger partial charge in [-0.3, -0.25) is 14.9 Å². The van der Waals surface area contributed by atoms with E-state index in [2.05, 4.69) is 0 Å². The molecule has 0 amide bonds. The maximum atomic E-state index is 10.4. The Balaban J connectivity index is 3.84. The molecule has 0 bridgehead atoms. The minimum atomic E-state index is -0.951. The number of hydrogen-bond acceptors (Lipinski definition) is 3. The first-order valence-corrected chi connectivity index (χ1v) is 4.89. The van der Waals surface area contributed by atoms with Crippen LogP contribution >= 0.6 is 0 Å². The fraction of sp³-hybridized carbons (Fsp3) is 0.889. The van der Waals surface area contributed by atoms with E-state index >= 15 is 0 Å². The maximum absolute atomic E-state index is 10.4. The molecular formula is C9H17NO4. The van der Waals surface area contributed by atoms with Crippen LogP contribution in [0.3, 0.4) is 0 Å². The molecule has 0 radical (unpaired) electrons. The quantitative estimate of drug-likeness (QED) is 0.371. The first-order chi connectivity index (χ1) is 6.56. The number of nitro groups is 1. The molecular weight excluding hydrogens is 186 g/mol. The van der Waals surface area contributed by atoms with Crippen molar-refractivity contribution in [3.8, 4) is 0 Å². The van der Waals surface area contributed by atoms with Gasteiger partial charge in [-0.1, -0.05) is 26.2 Å². The normalized spacial score (nSPS) is 12.4. The molecule has 0 aromatic heterocycles. The number of carboxylic acids is 1. The van der Waals surface area contributed by atoms with Gasteiger partial charge in [-0.2, -0.15) is 0 Å². The molecule has 0 fully saturated rings. The molecule has 82 valence electrons. The van der Waals surface area contributed by atoms with Crippen LogP contribution in [0.1, 0.15) is 39.0 Å². The highest BCUT2D eigenvalue weighted by Gasteiger charge is 2.18. The van der Waals surface area contributed by atoms with Gasteiger partial charge in [0.15, 0.2) is 0 Å². The summed E-state index contributed by atoms with van der Waals surface area (Å²) in [6, 6.07) is 0. The van der Waals surface area contributed by atoms with Crippen molar-refractivity contribution in [3.63, 3.8) is 0 Å². The standard InChI is InChI=1S/C9H17NO4/c1-2-3-4-5-8(6-9(11)12)7-10(13)14/h8H,2-7H2,1H3,(H,11,12). The SMILES string of the molecule is CCCCCC(CC(=O)O)C[N+](=O)[O-]. The molecule has 0 saturated carbocycles. The lowest BCUT2D eigenvalue weighted by Gasteiger charge is -2.09. The van der Waals surface area contributed by atoms with Crippen LogP contribution < -0.4 is 0 Å². The zero-order valence-corrected chi connectivity index (χ0v) is 8.44. The Bertz CT molecular complexity index is 177. The third-order valence-corrected chi connectivity index (χ3v) is 2.09. The minimum absolute atomic E-state index is 0.0926. The van der Waals surface area contributed by atoms with Gasteiger partial charge in [-0.25, -0.2) is 0 Å². The van der Waals surface area contributed by atoms with Crippen LogP contribution in [0.4, 0.5) is 0 Å². The zero-order valence-electron chi connectivity index (χ0n) is 8.44. The van der Waals surface area contributed by atoms with E-state index in [1.165, 1.54) is 0 Å². The molecule has 0 aliphatic carbocycles. The fourth-order valence-electron chi connectivity index (χ4n) is 1.40. The monoisotopic (exact) mass is 203 g/mol. The Morgan fingerprint density at radius 3 is 2.57 bits per heavy atom. The molecule has 14 heavy (non-hydrogen) atoms. The van der Waals surface area contributed by atoms with E-state index in [1.807, 2.05) is 6.92 Å². The lowest BCUT2D eigenvalue weighted by Crippen LogP contribution is -2.17. The highest BCUT2D eigenvalue weighted by atomic mass is 16.6. The second-order valence-corrected chi connectivity index (χ2v) is 3.47. The summed E-state index contributed by atoms with van der Waals surface area (Å²) >= 11 is 0. The van der Waals surface area contributed by atoms with Crippen molar-refractivity contribution in [1.29, 1.82) is 0 Å². The van der Waals surface area contributed by atoms with E-state index in [9.17, 15) is 14.9 Å². The Morgan fingerprint density at radius 2 is 2.14 bits per heavy atom. The van der Waals surface area contributed by atoms with Crippen molar-refractivity contribution in [3.05, 3.63) is 10.1 Å². The average molecular weight is 203 g/mol. The molecule has 1 N–H and O–H groups in total. The van der Waals surface area contributed by atoms with Gasteiger partial charge < -0.3 is 5.11 Å². The molecule has 0 heterocycles. The number of aliphatic carboxylic acids is 1. The molecule has 1 atom stereocenters. The highest BCUT2D eigenvalue weighted by Crippen LogP contribution is 2.14. The second kappa shape index (κ2) is 7.29. The summed E-state index contributed by atoms with van der Waals surface area (Å²) in [5.41, 5.74) is 0. The van der Waals surface area contributed by atoms with Crippen LogP contribution in [0.25, 0.3) is 0 Å². The second-order valence-electron chi connectivity index (χ2n) is 3.47. The van der Waals surface area contributed by atoms with Gasteiger partial charge in [0.1, 0.15) is 0 Å². The molecule has 5 heteroatoms. The molecule has 1 unspecified atom stereocenters. The highest BCUT2D eigenvalue weighted by molar-refractivity contribution is 5.67. The van der Waals surface area contributed by atoms with Crippen molar-refractivity contribution >= 4 is 5.97 Å². The lowest BCUT2D eigenvalue weighted by atomic mass is 9.98. The third-order valence-electron chi connectivity index (χ3n) is 2.09. The number of nitrogens with zero attached hydrogens (tertiary/aromatic N) is 1. The molecule has 5 nitrogen and oxygen atoms in total. The predicted molar refractivity (Wildman–Crippen MR) is 51.7 cm³/mol. The first-order valence-electron chi connectivity index (χ1n) is 4.89. The Morgan fingerprint density at radius 1 is 1.50 bits per heavy atom. The first kappa shape index (κ1) is 12.9. The molecule has 0 saturated heterocycles. The van der Waals surface area contributed by atoms with Crippen LogP contribution in [0.15, 0.2) is 0 Å². The zero-order chi connectivity index (χ0) is 11.0. The molecule has 0 aromatic rings. The number of rotatable bonds is 8. The van der Waals surface area contributed by atoms with Gasteiger partial charge in [0.2, 0.25) is 6.54 Å². The predicted octanol–water partition coefficient (Wildman–Crippen LogP) is 1.93. The minimum Gasteiger partial charge on any atom is -0.481 e. The summed E-state index contributed by atoms with van der Waals surface area (Å²) in [6.07, 6.45) is 3.47. The van der Waals surface area contributed by atoms with Crippen molar-refractivity contribution < 1.29 is 14.8 Å². The summed E-state index contributed by atoms with van der Waals surface area (Å²) in [6.45, 7) is 1.82. The van der Waals surface area contributed by atoms with E-state index in [4.69, 9.17) is 5.11 Å². The van der Waals surface area contributed by atoms with E-state index in [0.29, 0.717) is 6.42 Å². The number of carboxylic acid groups (broad SMARTS) is 1. The van der Waals surface area contributed by atoms with Gasteiger partial charge in [0.25, 0.3) is 0 Å². The number of hydrogen-bond donors (Lipinski definition) is 1. The van der Waals surface area contributed by atoms with E-state index in [0.717, 1.165) is 19.3 Å². The summed E-state index contributed by atoms with van der Waals surface area (Å²) in [7, 11) is 0. The Kier molecular flexibility index (Phi) is 6.70. The van der Waals surface area contributed by atoms with Crippen molar-refractivity contribution in [2.45, 2.75) is 39.0 Å². The topological polar surface area (TPSA) is 80.4 Å². The van der Waals surface area contributed by atoms with Crippen LogP contribution in [-0.2, 0) is 4.79 Å². The lowest BCUT2D eigenvalue weighted by molar-refractivity contribution is -0.488.